The molecule has 16 heavy (non-hydrogen) atoms. The van der Waals surface area contributed by atoms with Crippen LogP contribution >= 0.6 is 0 Å². The minimum atomic E-state index is -1.14. The number of amides is 3. The maximum absolute atomic E-state index is 11.4. The highest BCUT2D eigenvalue weighted by Gasteiger charge is 2.30. The number of imide groups is 1. The van der Waals surface area contributed by atoms with Gasteiger partial charge in [-0.25, -0.2) is 9.59 Å². The molecule has 1 aromatic rings. The maximum atomic E-state index is 11.4. The van der Waals surface area contributed by atoms with Gasteiger partial charge in [0.15, 0.2) is 0 Å². The number of anilines is 1. The summed E-state index contributed by atoms with van der Waals surface area (Å²) in [5.74, 6) is -1.58. The summed E-state index contributed by atoms with van der Waals surface area (Å²) in [5.41, 5.74) is 0.214. The number of carboxylic acids is 1. The molecule has 1 aliphatic heterocycles. The van der Waals surface area contributed by atoms with Crippen molar-refractivity contribution in [3.05, 3.63) is 29.8 Å². The number of hydrogen-bond acceptors (Lipinski definition) is 3. The standard InChI is InChI=1S/C10H8N2O4/c13-8-5-12(10(16)11-8)7-4-2-1-3-6(7)9(14)15/h1-4H,5H2,(H,14,15)(H,11,13,16). The van der Waals surface area contributed by atoms with Crippen LogP contribution in [-0.4, -0.2) is 29.6 Å². The summed E-state index contributed by atoms with van der Waals surface area (Å²) in [6, 6.07) is 5.44. The molecular formula is C10H8N2O4. The van der Waals surface area contributed by atoms with Crippen molar-refractivity contribution in [3.63, 3.8) is 0 Å². The summed E-state index contributed by atoms with van der Waals surface area (Å²) in [5, 5.41) is 11.0. The fraction of sp³-hybridized carbons (Fsp3) is 0.100. The van der Waals surface area contributed by atoms with Crippen molar-refractivity contribution in [2.75, 3.05) is 11.4 Å². The second-order valence-electron chi connectivity index (χ2n) is 3.26. The Bertz CT molecular complexity index is 483. The van der Waals surface area contributed by atoms with E-state index in [0.29, 0.717) is 0 Å². The zero-order chi connectivity index (χ0) is 11.7. The second-order valence-corrected chi connectivity index (χ2v) is 3.26. The quantitative estimate of drug-likeness (QED) is 0.708. The number of carboxylic acid groups (broad SMARTS) is 1. The van der Waals surface area contributed by atoms with E-state index in [0.717, 1.165) is 4.90 Å². The number of nitrogens with one attached hydrogen (secondary N) is 1. The molecule has 0 spiro atoms. The van der Waals surface area contributed by atoms with Crippen LogP contribution in [0.25, 0.3) is 0 Å². The molecule has 0 aromatic heterocycles. The number of rotatable bonds is 2. The molecule has 0 radical (unpaired) electrons. The van der Waals surface area contributed by atoms with Crippen LogP contribution in [0, 0.1) is 0 Å². The molecule has 2 rings (SSSR count). The Balaban J connectivity index is 2.44. The van der Waals surface area contributed by atoms with E-state index in [4.69, 9.17) is 5.11 Å². The number of urea groups is 1. The molecule has 1 heterocycles. The first-order valence-electron chi connectivity index (χ1n) is 4.53. The third kappa shape index (κ3) is 1.60. The van der Waals surface area contributed by atoms with Crippen LogP contribution in [0.5, 0.6) is 0 Å². The third-order valence-electron chi connectivity index (χ3n) is 2.22. The predicted octanol–water partition coefficient (Wildman–Crippen LogP) is 0.441. The van der Waals surface area contributed by atoms with Crippen LogP contribution in [0.3, 0.4) is 0 Å². The van der Waals surface area contributed by atoms with Crippen molar-refractivity contribution in [1.82, 2.24) is 5.32 Å². The Morgan fingerprint density at radius 3 is 2.56 bits per heavy atom. The molecule has 0 atom stereocenters. The molecule has 0 aliphatic carbocycles. The van der Waals surface area contributed by atoms with Gasteiger partial charge in [-0.15, -0.1) is 0 Å². The Kier molecular flexibility index (Phi) is 2.32. The zero-order valence-corrected chi connectivity index (χ0v) is 8.14. The summed E-state index contributed by atoms with van der Waals surface area (Å²) in [7, 11) is 0. The first-order chi connectivity index (χ1) is 7.59. The molecule has 82 valence electrons. The summed E-state index contributed by atoms with van der Waals surface area (Å²) < 4.78 is 0. The fourth-order valence-corrected chi connectivity index (χ4v) is 1.53. The fourth-order valence-electron chi connectivity index (χ4n) is 1.53. The van der Waals surface area contributed by atoms with E-state index >= 15 is 0 Å². The predicted molar refractivity (Wildman–Crippen MR) is 54.3 cm³/mol. The lowest BCUT2D eigenvalue weighted by Gasteiger charge is -2.15. The first kappa shape index (κ1) is 10.2. The average molecular weight is 220 g/mol. The topological polar surface area (TPSA) is 86.7 Å². The zero-order valence-electron chi connectivity index (χ0n) is 8.14. The van der Waals surface area contributed by atoms with Gasteiger partial charge >= 0.3 is 12.0 Å². The van der Waals surface area contributed by atoms with Gasteiger partial charge in [-0.1, -0.05) is 12.1 Å². The number of carbonyl (C=O) groups is 3. The van der Waals surface area contributed by atoms with E-state index < -0.39 is 17.9 Å². The highest BCUT2D eigenvalue weighted by atomic mass is 16.4. The molecule has 6 nitrogen and oxygen atoms in total. The van der Waals surface area contributed by atoms with E-state index in [2.05, 4.69) is 5.32 Å². The van der Waals surface area contributed by atoms with E-state index in [1.165, 1.54) is 12.1 Å². The van der Waals surface area contributed by atoms with Gasteiger partial charge in [-0.2, -0.15) is 0 Å². The van der Waals surface area contributed by atoms with E-state index in [9.17, 15) is 14.4 Å². The first-order valence-corrected chi connectivity index (χ1v) is 4.53. The molecule has 1 saturated heterocycles. The highest BCUT2D eigenvalue weighted by molar-refractivity contribution is 6.14. The summed E-state index contributed by atoms with van der Waals surface area (Å²) in [6.45, 7) is -0.150. The second kappa shape index (κ2) is 3.65. The van der Waals surface area contributed by atoms with Crippen molar-refractivity contribution in [2.24, 2.45) is 0 Å². The van der Waals surface area contributed by atoms with Gasteiger partial charge in [0.05, 0.1) is 11.3 Å². The molecule has 0 unspecified atom stereocenters. The van der Waals surface area contributed by atoms with Crippen LogP contribution in [0.15, 0.2) is 24.3 Å². The van der Waals surface area contributed by atoms with Crippen LogP contribution in [0.2, 0.25) is 0 Å². The number of para-hydroxylation sites is 1. The van der Waals surface area contributed by atoms with Crippen LogP contribution in [0.4, 0.5) is 10.5 Å². The van der Waals surface area contributed by atoms with Gasteiger partial charge in [0.1, 0.15) is 6.54 Å². The van der Waals surface area contributed by atoms with Crippen molar-refractivity contribution in [2.45, 2.75) is 0 Å². The van der Waals surface area contributed by atoms with E-state index in [-0.39, 0.29) is 17.8 Å². The van der Waals surface area contributed by atoms with Gasteiger partial charge in [-0.05, 0) is 12.1 Å². The van der Waals surface area contributed by atoms with Gasteiger partial charge in [0, 0.05) is 0 Å². The van der Waals surface area contributed by atoms with Gasteiger partial charge in [-0.3, -0.25) is 15.0 Å². The molecule has 1 aliphatic rings. The number of aromatic carboxylic acids is 1. The average Bonchev–Trinajstić information content (AvgIpc) is 2.57. The SMILES string of the molecule is O=C1CN(c2ccccc2C(=O)O)C(=O)N1. The minimum absolute atomic E-state index is 0.00708. The molecular weight excluding hydrogens is 212 g/mol. The van der Waals surface area contributed by atoms with Crippen LogP contribution in [0.1, 0.15) is 10.4 Å². The number of nitrogens with zero attached hydrogens (tertiary/aromatic N) is 1. The molecule has 6 heteroatoms. The van der Waals surface area contributed by atoms with E-state index in [1.54, 1.807) is 12.1 Å². The third-order valence-corrected chi connectivity index (χ3v) is 2.22. The summed E-state index contributed by atoms with van der Waals surface area (Å²) in [6.07, 6.45) is 0. The van der Waals surface area contributed by atoms with Crippen molar-refractivity contribution in [1.29, 1.82) is 0 Å². The smallest absolute Gasteiger partial charge is 0.337 e. The Hall–Kier alpha value is -2.37. The lowest BCUT2D eigenvalue weighted by atomic mass is 10.1. The summed E-state index contributed by atoms with van der Waals surface area (Å²) >= 11 is 0. The normalized spacial score (nSPS) is 15.1. The molecule has 1 aromatic carbocycles. The molecule has 1 fully saturated rings. The lowest BCUT2D eigenvalue weighted by Crippen LogP contribution is -2.29. The number of carbonyl (C=O) groups excluding carboxylic acids is 2. The molecule has 2 N–H and O–H groups in total. The van der Waals surface area contributed by atoms with Crippen LogP contribution < -0.4 is 10.2 Å². The Labute approximate surface area is 90.5 Å². The summed E-state index contributed by atoms with van der Waals surface area (Å²) in [4.78, 5) is 34.4. The maximum Gasteiger partial charge on any atom is 0.337 e. The Morgan fingerprint density at radius 2 is 2.00 bits per heavy atom. The molecule has 0 bridgehead atoms. The van der Waals surface area contributed by atoms with Crippen molar-refractivity contribution < 1.29 is 19.5 Å². The largest absolute Gasteiger partial charge is 0.478 e. The van der Waals surface area contributed by atoms with Gasteiger partial charge in [0.2, 0.25) is 5.91 Å². The van der Waals surface area contributed by atoms with Gasteiger partial charge in [0.25, 0.3) is 0 Å². The molecule has 0 saturated carbocycles. The minimum Gasteiger partial charge on any atom is -0.478 e. The Morgan fingerprint density at radius 1 is 1.31 bits per heavy atom. The van der Waals surface area contributed by atoms with Crippen molar-refractivity contribution in [3.8, 4) is 0 Å². The lowest BCUT2D eigenvalue weighted by molar-refractivity contribution is -0.117. The van der Waals surface area contributed by atoms with E-state index in [1.807, 2.05) is 0 Å². The molecule has 3 amide bonds. The number of benzene rings is 1. The van der Waals surface area contributed by atoms with Gasteiger partial charge < -0.3 is 5.11 Å². The number of hydrogen-bond donors (Lipinski definition) is 2. The monoisotopic (exact) mass is 220 g/mol. The highest BCUT2D eigenvalue weighted by Crippen LogP contribution is 2.21. The van der Waals surface area contributed by atoms with Crippen LogP contribution in [-0.2, 0) is 4.79 Å². The van der Waals surface area contributed by atoms with Crippen molar-refractivity contribution >= 4 is 23.6 Å².